The first kappa shape index (κ1) is 17.7. The number of aromatic amines is 1. The smallest absolute Gasteiger partial charge is 0.258 e. The van der Waals surface area contributed by atoms with E-state index < -0.39 is 0 Å². The SMILES string of the molecule is O=C(Nc1cnccc1OCCN1CCCC1)c1c[nH]c2c1C(=O)CCC2. The minimum Gasteiger partial charge on any atom is -0.490 e. The molecule has 1 fully saturated rings. The fraction of sp³-hybridized carbons (Fsp3) is 0.450. The van der Waals surface area contributed by atoms with Gasteiger partial charge in [-0.15, -0.1) is 0 Å². The summed E-state index contributed by atoms with van der Waals surface area (Å²) in [5.41, 5.74) is 2.28. The van der Waals surface area contributed by atoms with Gasteiger partial charge in [0.25, 0.3) is 5.91 Å². The Morgan fingerprint density at radius 1 is 1.26 bits per heavy atom. The fourth-order valence-electron chi connectivity index (χ4n) is 3.79. The molecule has 3 heterocycles. The molecule has 142 valence electrons. The maximum absolute atomic E-state index is 12.8. The molecule has 7 nitrogen and oxygen atoms in total. The second-order valence-electron chi connectivity index (χ2n) is 7.06. The Morgan fingerprint density at radius 2 is 2.11 bits per heavy atom. The molecule has 7 heteroatoms. The standard InChI is InChI=1S/C20H24N4O3/c25-17-5-3-4-15-19(17)14(12-22-15)20(26)23-16-13-21-7-6-18(16)27-11-10-24-8-1-2-9-24/h6-7,12-13,22H,1-5,8-11H2,(H,23,26). The molecule has 2 aromatic rings. The molecule has 0 radical (unpaired) electrons. The molecule has 1 aliphatic heterocycles. The molecule has 1 saturated heterocycles. The molecule has 2 N–H and O–H groups in total. The third kappa shape index (κ3) is 3.88. The summed E-state index contributed by atoms with van der Waals surface area (Å²) in [6.45, 7) is 3.67. The van der Waals surface area contributed by atoms with Crippen LogP contribution in [0.3, 0.4) is 0 Å². The van der Waals surface area contributed by atoms with Crippen molar-refractivity contribution in [3.05, 3.63) is 41.5 Å². The van der Waals surface area contributed by atoms with E-state index in [2.05, 4.69) is 20.2 Å². The van der Waals surface area contributed by atoms with Gasteiger partial charge in [-0.25, -0.2) is 0 Å². The van der Waals surface area contributed by atoms with Crippen LogP contribution in [0.2, 0.25) is 0 Å². The number of rotatable bonds is 6. The lowest BCUT2D eigenvalue weighted by atomic mass is 9.93. The second kappa shape index (κ2) is 7.92. The van der Waals surface area contributed by atoms with Gasteiger partial charge in [0.15, 0.2) is 5.78 Å². The Bertz CT molecular complexity index is 840. The molecule has 0 saturated carbocycles. The van der Waals surface area contributed by atoms with Crippen molar-refractivity contribution < 1.29 is 14.3 Å². The number of anilines is 1. The molecule has 27 heavy (non-hydrogen) atoms. The van der Waals surface area contributed by atoms with Crippen LogP contribution in [0, 0.1) is 0 Å². The summed E-state index contributed by atoms with van der Waals surface area (Å²) >= 11 is 0. The van der Waals surface area contributed by atoms with Crippen molar-refractivity contribution in [3.8, 4) is 5.75 Å². The number of pyridine rings is 1. The number of carbonyl (C=O) groups is 2. The quantitative estimate of drug-likeness (QED) is 0.818. The molecular formula is C20H24N4O3. The van der Waals surface area contributed by atoms with Gasteiger partial charge in [0.05, 0.1) is 17.3 Å². The molecule has 2 aromatic heterocycles. The van der Waals surface area contributed by atoms with Crippen LogP contribution in [0.25, 0.3) is 0 Å². The third-order valence-corrected chi connectivity index (χ3v) is 5.21. The molecule has 0 atom stereocenters. The van der Waals surface area contributed by atoms with E-state index in [1.807, 2.05) is 0 Å². The van der Waals surface area contributed by atoms with Crippen molar-refractivity contribution in [2.75, 3.05) is 31.6 Å². The lowest BCUT2D eigenvalue weighted by Gasteiger charge is -2.16. The fourth-order valence-corrected chi connectivity index (χ4v) is 3.79. The van der Waals surface area contributed by atoms with E-state index in [0.29, 0.717) is 35.6 Å². The average molecular weight is 368 g/mol. The summed E-state index contributed by atoms with van der Waals surface area (Å²) in [7, 11) is 0. The van der Waals surface area contributed by atoms with Crippen LogP contribution < -0.4 is 10.1 Å². The summed E-state index contributed by atoms with van der Waals surface area (Å²) in [4.78, 5) is 34.5. The molecule has 0 bridgehead atoms. The first-order chi connectivity index (χ1) is 13.2. The van der Waals surface area contributed by atoms with Gasteiger partial charge in [-0.05, 0) is 38.8 Å². The number of aromatic nitrogens is 2. The van der Waals surface area contributed by atoms with E-state index in [1.54, 1.807) is 24.7 Å². The summed E-state index contributed by atoms with van der Waals surface area (Å²) in [5, 5.41) is 2.85. The van der Waals surface area contributed by atoms with Gasteiger partial charge < -0.3 is 15.0 Å². The van der Waals surface area contributed by atoms with Crippen molar-refractivity contribution in [1.82, 2.24) is 14.9 Å². The third-order valence-electron chi connectivity index (χ3n) is 5.21. The van der Waals surface area contributed by atoms with Crippen molar-refractivity contribution in [2.45, 2.75) is 32.1 Å². The number of ether oxygens (including phenoxy) is 1. The van der Waals surface area contributed by atoms with Gasteiger partial charge in [-0.3, -0.25) is 19.5 Å². The van der Waals surface area contributed by atoms with Gasteiger partial charge in [0, 0.05) is 37.1 Å². The van der Waals surface area contributed by atoms with E-state index in [4.69, 9.17) is 4.74 Å². The van der Waals surface area contributed by atoms with Gasteiger partial charge in [0.1, 0.15) is 18.0 Å². The molecule has 0 aromatic carbocycles. The van der Waals surface area contributed by atoms with E-state index in [0.717, 1.165) is 38.2 Å². The second-order valence-corrected chi connectivity index (χ2v) is 7.06. The minimum absolute atomic E-state index is 0.0240. The Labute approximate surface area is 158 Å². The van der Waals surface area contributed by atoms with Crippen LogP contribution in [0.5, 0.6) is 5.75 Å². The van der Waals surface area contributed by atoms with Gasteiger partial charge >= 0.3 is 0 Å². The Balaban J connectivity index is 1.44. The van der Waals surface area contributed by atoms with Crippen LogP contribution in [0.4, 0.5) is 5.69 Å². The normalized spacial score (nSPS) is 17.0. The molecule has 4 rings (SSSR count). The number of aryl methyl sites for hydroxylation is 1. The number of amides is 1. The summed E-state index contributed by atoms with van der Waals surface area (Å²) in [6, 6.07) is 1.75. The number of fused-ring (bicyclic) bond motifs is 1. The van der Waals surface area contributed by atoms with Crippen LogP contribution >= 0.6 is 0 Å². The highest BCUT2D eigenvalue weighted by Crippen LogP contribution is 2.27. The zero-order valence-corrected chi connectivity index (χ0v) is 15.3. The van der Waals surface area contributed by atoms with E-state index in [-0.39, 0.29) is 11.7 Å². The topological polar surface area (TPSA) is 87.3 Å². The summed E-state index contributed by atoms with van der Waals surface area (Å²) < 4.78 is 5.88. The number of nitrogens with one attached hydrogen (secondary N) is 2. The molecule has 1 aliphatic carbocycles. The number of H-pyrrole nitrogens is 1. The molecule has 0 spiro atoms. The Morgan fingerprint density at radius 3 is 2.96 bits per heavy atom. The van der Waals surface area contributed by atoms with Gasteiger partial charge in [-0.1, -0.05) is 0 Å². The van der Waals surface area contributed by atoms with Crippen molar-refractivity contribution in [2.24, 2.45) is 0 Å². The Hall–Kier alpha value is -2.67. The highest BCUT2D eigenvalue weighted by Gasteiger charge is 2.26. The lowest BCUT2D eigenvalue weighted by Crippen LogP contribution is -2.25. The first-order valence-electron chi connectivity index (χ1n) is 9.56. The number of hydrogen-bond donors (Lipinski definition) is 2. The highest BCUT2D eigenvalue weighted by molar-refractivity contribution is 6.13. The zero-order chi connectivity index (χ0) is 18.6. The minimum atomic E-state index is -0.319. The van der Waals surface area contributed by atoms with Crippen LogP contribution in [0.15, 0.2) is 24.7 Å². The number of ketones is 1. The summed E-state index contributed by atoms with van der Waals surface area (Å²) in [6.07, 6.45) is 9.44. The number of nitrogens with zero attached hydrogens (tertiary/aromatic N) is 2. The molecule has 0 unspecified atom stereocenters. The zero-order valence-electron chi connectivity index (χ0n) is 15.3. The first-order valence-corrected chi connectivity index (χ1v) is 9.56. The lowest BCUT2D eigenvalue weighted by molar-refractivity contribution is 0.0956. The Kier molecular flexibility index (Phi) is 5.20. The van der Waals surface area contributed by atoms with Gasteiger partial charge in [-0.2, -0.15) is 0 Å². The van der Waals surface area contributed by atoms with Crippen molar-refractivity contribution in [1.29, 1.82) is 0 Å². The molecular weight excluding hydrogens is 344 g/mol. The molecule has 1 amide bonds. The summed E-state index contributed by atoms with van der Waals surface area (Å²) in [5.74, 6) is 0.296. The number of likely N-dealkylation sites (tertiary alicyclic amines) is 1. The van der Waals surface area contributed by atoms with E-state index in [9.17, 15) is 9.59 Å². The largest absolute Gasteiger partial charge is 0.490 e. The predicted octanol–water partition coefficient (Wildman–Crippen LogP) is 2.66. The van der Waals surface area contributed by atoms with E-state index >= 15 is 0 Å². The van der Waals surface area contributed by atoms with Crippen LogP contribution in [0.1, 0.15) is 52.1 Å². The number of Topliss-reactive ketones (excluding diaryl/α,β-unsaturated/α-hetero) is 1. The number of hydrogen-bond acceptors (Lipinski definition) is 5. The average Bonchev–Trinajstić information content (AvgIpc) is 3.33. The predicted molar refractivity (Wildman–Crippen MR) is 101 cm³/mol. The van der Waals surface area contributed by atoms with Crippen molar-refractivity contribution >= 4 is 17.4 Å². The van der Waals surface area contributed by atoms with Crippen molar-refractivity contribution in [3.63, 3.8) is 0 Å². The van der Waals surface area contributed by atoms with Crippen LogP contribution in [-0.2, 0) is 6.42 Å². The van der Waals surface area contributed by atoms with E-state index in [1.165, 1.54) is 12.8 Å². The van der Waals surface area contributed by atoms with Crippen LogP contribution in [-0.4, -0.2) is 52.8 Å². The maximum Gasteiger partial charge on any atom is 0.258 e. The van der Waals surface area contributed by atoms with Gasteiger partial charge in [0.2, 0.25) is 0 Å². The molecule has 2 aliphatic rings. The maximum atomic E-state index is 12.8. The number of carbonyl (C=O) groups excluding carboxylic acids is 2. The highest BCUT2D eigenvalue weighted by atomic mass is 16.5. The monoisotopic (exact) mass is 368 g/mol.